The smallest absolute Gasteiger partial charge is 0.155 e. The van der Waals surface area contributed by atoms with Gasteiger partial charge in [0.25, 0.3) is 0 Å². The summed E-state index contributed by atoms with van der Waals surface area (Å²) in [5.74, 6) is 0.252. The van der Waals surface area contributed by atoms with Gasteiger partial charge in [0.05, 0.1) is 0 Å². The molecule has 0 N–H and O–H groups in total. The van der Waals surface area contributed by atoms with Gasteiger partial charge in [-0.2, -0.15) is 0 Å². The zero-order chi connectivity index (χ0) is 9.97. The Morgan fingerprint density at radius 3 is 2.64 bits per heavy atom. The maximum Gasteiger partial charge on any atom is 0.155 e. The predicted octanol–water partition coefficient (Wildman–Crippen LogP) is 3.59. The molecule has 1 aromatic rings. The van der Waals surface area contributed by atoms with E-state index in [1.54, 1.807) is 6.08 Å². The molecule has 1 aliphatic carbocycles. The molecule has 1 aliphatic rings. The highest BCUT2D eigenvalue weighted by atomic mass is 79.9. The molecule has 2 heteroatoms. The Bertz CT molecular complexity index is 393. The van der Waals surface area contributed by atoms with Crippen LogP contribution in [0.25, 0.3) is 5.57 Å². The zero-order valence-electron chi connectivity index (χ0n) is 7.79. The van der Waals surface area contributed by atoms with E-state index in [4.69, 9.17) is 0 Å². The predicted molar refractivity (Wildman–Crippen MR) is 61.0 cm³/mol. The average molecular weight is 251 g/mol. The van der Waals surface area contributed by atoms with Crippen molar-refractivity contribution in [2.24, 2.45) is 0 Å². The van der Waals surface area contributed by atoms with Crippen LogP contribution >= 0.6 is 15.9 Å². The van der Waals surface area contributed by atoms with Crippen LogP contribution in [0.3, 0.4) is 0 Å². The van der Waals surface area contributed by atoms with Crippen LogP contribution in [-0.2, 0) is 4.79 Å². The normalized spacial score (nSPS) is 16.6. The molecule has 72 valence electrons. The van der Waals surface area contributed by atoms with Gasteiger partial charge in [-0.15, -0.1) is 0 Å². The fourth-order valence-corrected chi connectivity index (χ4v) is 2.27. The van der Waals surface area contributed by atoms with Crippen molar-refractivity contribution in [3.8, 4) is 0 Å². The van der Waals surface area contributed by atoms with E-state index in [9.17, 15) is 4.79 Å². The molecule has 0 aliphatic heterocycles. The second-order valence-electron chi connectivity index (χ2n) is 3.47. The highest BCUT2D eigenvalue weighted by Gasteiger charge is 2.12. The van der Waals surface area contributed by atoms with Gasteiger partial charge in [-0.25, -0.2) is 0 Å². The molecule has 0 amide bonds. The van der Waals surface area contributed by atoms with Crippen LogP contribution in [-0.4, -0.2) is 5.78 Å². The largest absolute Gasteiger partial charge is 0.295 e. The number of rotatable bonds is 1. The van der Waals surface area contributed by atoms with E-state index in [0.717, 1.165) is 28.5 Å². The molecular formula is C12H11BrO. The number of carbonyl (C=O) groups is 1. The van der Waals surface area contributed by atoms with Crippen LogP contribution in [0.5, 0.6) is 0 Å². The number of benzene rings is 1. The molecule has 0 radical (unpaired) electrons. The minimum atomic E-state index is 0.252. The van der Waals surface area contributed by atoms with Crippen LogP contribution in [0.4, 0.5) is 0 Å². The first-order valence-corrected chi connectivity index (χ1v) is 5.55. The van der Waals surface area contributed by atoms with E-state index in [0.29, 0.717) is 6.42 Å². The Hall–Kier alpha value is -0.890. The summed E-state index contributed by atoms with van der Waals surface area (Å²) in [4.78, 5) is 11.3. The van der Waals surface area contributed by atoms with Crippen LogP contribution in [0, 0.1) is 0 Å². The van der Waals surface area contributed by atoms with Crippen LogP contribution in [0.2, 0.25) is 0 Å². The Balaban J connectivity index is 2.40. The van der Waals surface area contributed by atoms with Gasteiger partial charge in [-0.3, -0.25) is 4.79 Å². The van der Waals surface area contributed by atoms with E-state index in [1.165, 1.54) is 0 Å². The number of hydrogen-bond donors (Lipinski definition) is 0. The summed E-state index contributed by atoms with van der Waals surface area (Å²) in [5, 5.41) is 0. The van der Waals surface area contributed by atoms with Crippen molar-refractivity contribution < 1.29 is 4.79 Å². The van der Waals surface area contributed by atoms with Gasteiger partial charge in [0, 0.05) is 10.9 Å². The minimum absolute atomic E-state index is 0.252. The van der Waals surface area contributed by atoms with Crippen molar-refractivity contribution in [1.29, 1.82) is 0 Å². The van der Waals surface area contributed by atoms with Gasteiger partial charge in [0.1, 0.15) is 0 Å². The van der Waals surface area contributed by atoms with E-state index < -0.39 is 0 Å². The molecule has 1 nitrogen and oxygen atoms in total. The lowest BCUT2D eigenvalue weighted by Gasteiger charge is -2.13. The summed E-state index contributed by atoms with van der Waals surface area (Å²) in [6, 6.07) is 8.04. The lowest BCUT2D eigenvalue weighted by Crippen LogP contribution is -2.02. The van der Waals surface area contributed by atoms with Crippen molar-refractivity contribution in [1.82, 2.24) is 0 Å². The van der Waals surface area contributed by atoms with Crippen molar-refractivity contribution in [3.05, 3.63) is 40.4 Å². The van der Waals surface area contributed by atoms with Gasteiger partial charge < -0.3 is 0 Å². The maximum absolute atomic E-state index is 11.3. The molecule has 0 aromatic heterocycles. The van der Waals surface area contributed by atoms with Gasteiger partial charge in [0.2, 0.25) is 0 Å². The Morgan fingerprint density at radius 1 is 1.14 bits per heavy atom. The van der Waals surface area contributed by atoms with Crippen molar-refractivity contribution >= 4 is 27.3 Å². The summed E-state index contributed by atoms with van der Waals surface area (Å²) < 4.78 is 1.07. The SMILES string of the molecule is O=C1C=C(c2ccccc2Br)CCC1. The third-order valence-electron chi connectivity index (χ3n) is 2.42. The fourth-order valence-electron chi connectivity index (χ4n) is 1.73. The average Bonchev–Trinajstić information content (AvgIpc) is 2.18. The monoisotopic (exact) mass is 250 g/mol. The molecule has 0 spiro atoms. The maximum atomic E-state index is 11.3. The molecule has 0 saturated carbocycles. The standard InChI is InChI=1S/C12H11BrO/c13-12-7-2-1-6-11(12)9-4-3-5-10(14)8-9/h1-2,6-8H,3-5H2. The summed E-state index contributed by atoms with van der Waals surface area (Å²) in [6.45, 7) is 0. The number of hydrogen-bond acceptors (Lipinski definition) is 1. The van der Waals surface area contributed by atoms with Gasteiger partial charge in [0.15, 0.2) is 5.78 Å². The Morgan fingerprint density at radius 2 is 1.93 bits per heavy atom. The first kappa shape index (κ1) is 9.66. The second kappa shape index (κ2) is 4.09. The van der Waals surface area contributed by atoms with Crippen molar-refractivity contribution in [3.63, 3.8) is 0 Å². The molecule has 14 heavy (non-hydrogen) atoms. The van der Waals surface area contributed by atoms with Crippen LogP contribution in [0.1, 0.15) is 24.8 Å². The van der Waals surface area contributed by atoms with Crippen LogP contribution < -0.4 is 0 Å². The van der Waals surface area contributed by atoms with E-state index >= 15 is 0 Å². The molecule has 0 unspecified atom stereocenters. The second-order valence-corrected chi connectivity index (χ2v) is 4.32. The first-order chi connectivity index (χ1) is 6.77. The summed E-state index contributed by atoms with van der Waals surface area (Å²) >= 11 is 3.50. The molecule has 0 atom stereocenters. The molecule has 0 heterocycles. The highest BCUT2D eigenvalue weighted by molar-refractivity contribution is 9.10. The molecule has 2 rings (SSSR count). The number of ketones is 1. The van der Waals surface area contributed by atoms with E-state index in [-0.39, 0.29) is 5.78 Å². The number of halogens is 1. The van der Waals surface area contributed by atoms with Crippen molar-refractivity contribution in [2.45, 2.75) is 19.3 Å². The summed E-state index contributed by atoms with van der Waals surface area (Å²) in [7, 11) is 0. The number of allylic oxidation sites excluding steroid dienone is 2. The lowest BCUT2D eigenvalue weighted by molar-refractivity contribution is -0.114. The van der Waals surface area contributed by atoms with E-state index in [2.05, 4.69) is 22.0 Å². The van der Waals surface area contributed by atoms with Crippen LogP contribution in [0.15, 0.2) is 34.8 Å². The third-order valence-corrected chi connectivity index (χ3v) is 3.12. The van der Waals surface area contributed by atoms with Gasteiger partial charge in [-0.05, 0) is 36.1 Å². The lowest BCUT2D eigenvalue weighted by atomic mass is 9.93. The summed E-state index contributed by atoms with van der Waals surface area (Å²) in [6.07, 6.45) is 4.47. The molecule has 0 saturated heterocycles. The van der Waals surface area contributed by atoms with Gasteiger partial charge in [-0.1, -0.05) is 34.1 Å². The highest BCUT2D eigenvalue weighted by Crippen LogP contribution is 2.30. The fraction of sp³-hybridized carbons (Fsp3) is 0.250. The Kier molecular flexibility index (Phi) is 2.82. The summed E-state index contributed by atoms with van der Waals surface area (Å²) in [5.41, 5.74) is 2.31. The van der Waals surface area contributed by atoms with Crippen molar-refractivity contribution in [2.75, 3.05) is 0 Å². The van der Waals surface area contributed by atoms with Gasteiger partial charge >= 0.3 is 0 Å². The number of carbonyl (C=O) groups excluding carboxylic acids is 1. The molecule has 0 bridgehead atoms. The first-order valence-electron chi connectivity index (χ1n) is 4.75. The Labute approximate surface area is 92.0 Å². The zero-order valence-corrected chi connectivity index (χ0v) is 9.38. The molecular weight excluding hydrogens is 240 g/mol. The molecule has 1 aromatic carbocycles. The topological polar surface area (TPSA) is 17.1 Å². The minimum Gasteiger partial charge on any atom is -0.295 e. The van der Waals surface area contributed by atoms with E-state index in [1.807, 2.05) is 18.2 Å². The quantitative estimate of drug-likeness (QED) is 0.745. The third kappa shape index (κ3) is 1.95. The molecule has 0 fully saturated rings.